The minimum atomic E-state index is -0.520. The summed E-state index contributed by atoms with van der Waals surface area (Å²) in [6, 6.07) is 11.9. The zero-order valence-electron chi connectivity index (χ0n) is 16.4. The summed E-state index contributed by atoms with van der Waals surface area (Å²) in [6.45, 7) is 0. The van der Waals surface area contributed by atoms with Crippen LogP contribution in [0.25, 0.3) is 10.2 Å². The maximum atomic E-state index is 12.0. The number of nitrogens with zero attached hydrogens (tertiary/aromatic N) is 5. The van der Waals surface area contributed by atoms with E-state index < -0.39 is 15.8 Å². The van der Waals surface area contributed by atoms with Gasteiger partial charge in [-0.3, -0.25) is 30.0 Å². The highest BCUT2D eigenvalue weighted by Gasteiger charge is 2.18. The molecule has 0 fully saturated rings. The average Bonchev–Trinajstić information content (AvgIpc) is 3.21. The molecule has 4 rings (SSSR count). The number of non-ortho nitro benzene ring substituents is 1. The normalized spacial score (nSPS) is 11.0. The number of benzene rings is 2. The van der Waals surface area contributed by atoms with Crippen LogP contribution in [0.5, 0.6) is 0 Å². The smallest absolute Gasteiger partial charge is 0.267 e. The van der Waals surface area contributed by atoms with Gasteiger partial charge in [0.15, 0.2) is 4.34 Å². The molecule has 0 bridgehead atoms. The number of carbonyl (C=O) groups excluding carboxylic acids is 1. The molecular formula is C20H12N6O5S2. The van der Waals surface area contributed by atoms with E-state index >= 15 is 0 Å². The molecule has 1 amide bonds. The Morgan fingerprint density at radius 2 is 1.85 bits per heavy atom. The number of aromatic nitrogens is 2. The third-order valence-corrected chi connectivity index (χ3v) is 6.41. The molecule has 0 aliphatic carbocycles. The van der Waals surface area contributed by atoms with Crippen LogP contribution in [0.1, 0.15) is 15.9 Å². The van der Waals surface area contributed by atoms with Crippen LogP contribution in [0, 0.1) is 20.2 Å². The summed E-state index contributed by atoms with van der Waals surface area (Å²) in [6.07, 6.45) is 4.26. The van der Waals surface area contributed by atoms with Gasteiger partial charge >= 0.3 is 0 Å². The Labute approximate surface area is 193 Å². The molecule has 13 heteroatoms. The van der Waals surface area contributed by atoms with E-state index in [1.165, 1.54) is 60.3 Å². The summed E-state index contributed by atoms with van der Waals surface area (Å²) in [7, 11) is 0. The van der Waals surface area contributed by atoms with Crippen LogP contribution < -0.4 is 5.43 Å². The molecule has 4 aromatic rings. The number of nitro groups is 2. The molecule has 1 N–H and O–H groups in total. The highest BCUT2D eigenvalue weighted by molar-refractivity contribution is 8.01. The molecule has 164 valence electrons. The van der Waals surface area contributed by atoms with Crippen molar-refractivity contribution in [3.05, 3.63) is 92.3 Å². The lowest BCUT2D eigenvalue weighted by Gasteiger charge is -2.02. The lowest BCUT2D eigenvalue weighted by molar-refractivity contribution is -0.387. The standard InChI is InChI=1S/C20H12N6O5S2/c27-19(13-5-7-21-8-6-13)24-22-11-12-1-4-17(16(9-12)26(30)31)32-20-23-15-3-2-14(25(28)29)10-18(15)33-20/h1-11H,(H,24,27). The fourth-order valence-corrected chi connectivity index (χ4v) is 4.86. The van der Waals surface area contributed by atoms with E-state index in [2.05, 4.69) is 20.5 Å². The van der Waals surface area contributed by atoms with Gasteiger partial charge in [-0.2, -0.15) is 5.10 Å². The van der Waals surface area contributed by atoms with Crippen molar-refractivity contribution in [2.45, 2.75) is 9.24 Å². The summed E-state index contributed by atoms with van der Waals surface area (Å²) < 4.78 is 1.13. The topological polar surface area (TPSA) is 154 Å². The summed E-state index contributed by atoms with van der Waals surface area (Å²) in [5.74, 6) is -0.439. The summed E-state index contributed by atoms with van der Waals surface area (Å²) in [5.41, 5.74) is 3.51. The van der Waals surface area contributed by atoms with Crippen molar-refractivity contribution in [1.82, 2.24) is 15.4 Å². The largest absolute Gasteiger partial charge is 0.283 e. The van der Waals surface area contributed by atoms with Crippen molar-refractivity contribution in [2.24, 2.45) is 5.10 Å². The lowest BCUT2D eigenvalue weighted by Crippen LogP contribution is -2.17. The molecule has 0 spiro atoms. The van der Waals surface area contributed by atoms with Crippen molar-refractivity contribution in [3.8, 4) is 0 Å². The second-order valence-electron chi connectivity index (χ2n) is 6.41. The van der Waals surface area contributed by atoms with Gasteiger partial charge in [-0.05, 0) is 24.3 Å². The predicted octanol–water partition coefficient (Wildman–Crippen LogP) is 4.42. The number of amides is 1. The van der Waals surface area contributed by atoms with Gasteiger partial charge in [0.2, 0.25) is 0 Å². The molecule has 0 saturated heterocycles. The number of fused-ring (bicyclic) bond motifs is 1. The Morgan fingerprint density at radius 3 is 2.58 bits per heavy atom. The molecule has 11 nitrogen and oxygen atoms in total. The Bertz CT molecular complexity index is 1410. The van der Waals surface area contributed by atoms with Gasteiger partial charge in [0.25, 0.3) is 17.3 Å². The van der Waals surface area contributed by atoms with Crippen LogP contribution in [0.15, 0.2) is 75.3 Å². The van der Waals surface area contributed by atoms with E-state index in [4.69, 9.17) is 0 Å². The molecule has 0 saturated carbocycles. The molecule has 0 aliphatic heterocycles. The van der Waals surface area contributed by atoms with Crippen LogP contribution >= 0.6 is 23.1 Å². The first-order valence-corrected chi connectivity index (χ1v) is 10.8. The molecule has 0 radical (unpaired) electrons. The van der Waals surface area contributed by atoms with Crippen LogP contribution in [0.3, 0.4) is 0 Å². The number of nitro benzene ring substituents is 2. The maximum absolute atomic E-state index is 12.0. The zero-order valence-corrected chi connectivity index (χ0v) is 18.1. The van der Waals surface area contributed by atoms with Gasteiger partial charge < -0.3 is 0 Å². The number of nitrogens with one attached hydrogen (secondary N) is 1. The third kappa shape index (κ3) is 5.16. The molecule has 2 heterocycles. The fraction of sp³-hybridized carbons (Fsp3) is 0. The monoisotopic (exact) mass is 480 g/mol. The van der Waals surface area contributed by atoms with E-state index in [9.17, 15) is 25.0 Å². The highest BCUT2D eigenvalue weighted by atomic mass is 32.2. The van der Waals surface area contributed by atoms with Crippen molar-refractivity contribution in [1.29, 1.82) is 0 Å². The third-order valence-electron chi connectivity index (χ3n) is 4.26. The van der Waals surface area contributed by atoms with Crippen LogP contribution in [-0.4, -0.2) is 31.9 Å². The minimum absolute atomic E-state index is 0.0478. The predicted molar refractivity (Wildman–Crippen MR) is 123 cm³/mol. The van der Waals surface area contributed by atoms with E-state index in [-0.39, 0.29) is 11.4 Å². The van der Waals surface area contributed by atoms with Gasteiger partial charge in [-0.25, -0.2) is 10.4 Å². The number of hydrogen-bond donors (Lipinski definition) is 1. The van der Waals surface area contributed by atoms with Crippen molar-refractivity contribution in [3.63, 3.8) is 0 Å². The Kier molecular flexibility index (Phi) is 6.33. The van der Waals surface area contributed by atoms with Crippen LogP contribution in [0.2, 0.25) is 0 Å². The summed E-state index contributed by atoms with van der Waals surface area (Å²) in [4.78, 5) is 42.1. The van der Waals surface area contributed by atoms with Crippen molar-refractivity contribution < 1.29 is 14.6 Å². The first-order valence-electron chi connectivity index (χ1n) is 9.15. The molecule has 0 aliphatic rings. The van der Waals surface area contributed by atoms with Gasteiger partial charge in [0, 0.05) is 41.7 Å². The second kappa shape index (κ2) is 9.50. The molecule has 0 unspecified atom stereocenters. The van der Waals surface area contributed by atoms with Gasteiger partial charge in [0.05, 0.1) is 31.2 Å². The quantitative estimate of drug-likeness (QED) is 0.232. The molecule has 2 aromatic heterocycles. The van der Waals surface area contributed by atoms with Crippen LogP contribution in [-0.2, 0) is 0 Å². The zero-order chi connectivity index (χ0) is 23.4. The minimum Gasteiger partial charge on any atom is -0.267 e. The lowest BCUT2D eigenvalue weighted by atomic mass is 10.2. The van der Waals surface area contributed by atoms with Crippen LogP contribution in [0.4, 0.5) is 11.4 Å². The number of carbonyl (C=O) groups is 1. The Balaban J connectivity index is 1.52. The van der Waals surface area contributed by atoms with E-state index in [0.29, 0.717) is 30.6 Å². The number of thiazole rings is 1. The van der Waals surface area contributed by atoms with Gasteiger partial charge in [-0.1, -0.05) is 17.8 Å². The number of rotatable bonds is 7. The maximum Gasteiger partial charge on any atom is 0.283 e. The van der Waals surface area contributed by atoms with Gasteiger partial charge in [-0.15, -0.1) is 11.3 Å². The molecular weight excluding hydrogens is 468 g/mol. The Morgan fingerprint density at radius 1 is 1.06 bits per heavy atom. The van der Waals surface area contributed by atoms with E-state index in [1.807, 2.05) is 0 Å². The van der Waals surface area contributed by atoms with E-state index in [0.717, 1.165) is 11.8 Å². The number of pyridine rings is 1. The second-order valence-corrected chi connectivity index (χ2v) is 8.73. The highest BCUT2D eigenvalue weighted by Crippen LogP contribution is 2.39. The average molecular weight is 480 g/mol. The first kappa shape index (κ1) is 22.0. The molecule has 0 atom stereocenters. The molecule has 33 heavy (non-hydrogen) atoms. The number of hydrogen-bond acceptors (Lipinski definition) is 10. The van der Waals surface area contributed by atoms with Crippen molar-refractivity contribution in [2.75, 3.05) is 0 Å². The van der Waals surface area contributed by atoms with Gasteiger partial charge in [0.1, 0.15) is 0 Å². The SMILES string of the molecule is O=C(NN=Cc1ccc(Sc2nc3ccc([N+](=O)[O-])cc3s2)c([N+](=O)[O-])c1)c1ccncc1. The summed E-state index contributed by atoms with van der Waals surface area (Å²) >= 11 is 2.30. The summed E-state index contributed by atoms with van der Waals surface area (Å²) in [5, 5.41) is 26.4. The fourth-order valence-electron chi connectivity index (χ4n) is 2.72. The Hall–Kier alpha value is -4.23. The van der Waals surface area contributed by atoms with Crippen molar-refractivity contribution >= 4 is 56.8 Å². The first-order chi connectivity index (χ1) is 15.9. The molecule has 2 aromatic carbocycles. The van der Waals surface area contributed by atoms with E-state index in [1.54, 1.807) is 18.2 Å². The number of hydrazone groups is 1.